The molecule has 0 bridgehead atoms. The van der Waals surface area contributed by atoms with Crippen LogP contribution in [0.1, 0.15) is 33.5 Å². The summed E-state index contributed by atoms with van der Waals surface area (Å²) in [5.41, 5.74) is 5.13. The Morgan fingerprint density at radius 3 is 2.10 bits per heavy atom. The predicted octanol–water partition coefficient (Wildman–Crippen LogP) is -1.83. The quantitative estimate of drug-likeness (QED) is 0.459. The molecule has 0 spiro atoms. The Morgan fingerprint density at radius 2 is 1.80 bits per heavy atom. The van der Waals surface area contributed by atoms with Gasteiger partial charge in [-0.1, -0.05) is 19.3 Å². The molecule has 1 fully saturated rings. The van der Waals surface area contributed by atoms with Gasteiger partial charge in [0.15, 0.2) is 0 Å². The van der Waals surface area contributed by atoms with Crippen molar-refractivity contribution in [1.29, 1.82) is 0 Å². The van der Waals surface area contributed by atoms with E-state index in [-0.39, 0.29) is 64.6 Å². The summed E-state index contributed by atoms with van der Waals surface area (Å²) in [5, 5.41) is 0. The van der Waals surface area contributed by atoms with Gasteiger partial charge in [0.2, 0.25) is 5.91 Å². The molecule has 1 rings (SSSR count). The number of rotatable bonds is 1. The van der Waals surface area contributed by atoms with Gasteiger partial charge in [-0.3, -0.25) is 4.79 Å². The van der Waals surface area contributed by atoms with Crippen LogP contribution in [0.4, 0.5) is 0 Å². The first-order valence-corrected chi connectivity index (χ1v) is 3.60. The zero-order valence-corrected chi connectivity index (χ0v) is 9.72. The SMILES string of the molecule is NC(=O)C1CCCCC1.[H-].[K+]. The van der Waals surface area contributed by atoms with E-state index in [0.717, 1.165) is 12.8 Å². The van der Waals surface area contributed by atoms with Crippen LogP contribution in [0.2, 0.25) is 0 Å². The standard InChI is InChI=1S/C7H13NO.K.H/c8-7(9)6-4-2-1-3-5-6;;/h6H,1-5H2,(H2,8,9);;/q;+1;-1. The van der Waals surface area contributed by atoms with Gasteiger partial charge < -0.3 is 7.16 Å². The molecule has 1 amide bonds. The molecule has 0 atom stereocenters. The number of nitrogens with two attached hydrogens (primary N) is 1. The van der Waals surface area contributed by atoms with Gasteiger partial charge in [-0.25, -0.2) is 0 Å². The fourth-order valence-corrected chi connectivity index (χ4v) is 1.39. The van der Waals surface area contributed by atoms with E-state index >= 15 is 0 Å². The number of amides is 1. The fourth-order valence-electron chi connectivity index (χ4n) is 1.39. The summed E-state index contributed by atoms with van der Waals surface area (Å²) in [5.74, 6) is 0.0912. The average molecular weight is 167 g/mol. The van der Waals surface area contributed by atoms with Gasteiger partial charge >= 0.3 is 51.4 Å². The van der Waals surface area contributed by atoms with E-state index in [1.807, 2.05) is 0 Å². The first kappa shape index (κ1) is 11.1. The van der Waals surface area contributed by atoms with Crippen LogP contribution < -0.4 is 57.1 Å². The number of hydrogen-bond donors (Lipinski definition) is 1. The minimum absolute atomic E-state index is 0. The van der Waals surface area contributed by atoms with E-state index in [1.54, 1.807) is 0 Å². The third-order valence-corrected chi connectivity index (χ3v) is 2.01. The maximum atomic E-state index is 10.6. The first-order chi connectivity index (χ1) is 4.30. The minimum atomic E-state index is -0.102. The van der Waals surface area contributed by atoms with Crippen LogP contribution in [-0.2, 0) is 4.79 Å². The summed E-state index contributed by atoms with van der Waals surface area (Å²) in [6.07, 6.45) is 5.70. The summed E-state index contributed by atoms with van der Waals surface area (Å²) in [4.78, 5) is 10.6. The monoisotopic (exact) mass is 167 g/mol. The van der Waals surface area contributed by atoms with Crippen molar-refractivity contribution in [3.63, 3.8) is 0 Å². The van der Waals surface area contributed by atoms with Crippen molar-refractivity contribution in [2.24, 2.45) is 11.7 Å². The van der Waals surface area contributed by atoms with E-state index in [9.17, 15) is 4.79 Å². The number of primary amides is 1. The van der Waals surface area contributed by atoms with Crippen LogP contribution in [0.3, 0.4) is 0 Å². The molecule has 0 aromatic rings. The fraction of sp³-hybridized carbons (Fsp3) is 0.857. The molecule has 10 heavy (non-hydrogen) atoms. The zero-order chi connectivity index (χ0) is 6.69. The molecule has 1 saturated carbocycles. The van der Waals surface area contributed by atoms with E-state index in [2.05, 4.69) is 0 Å². The van der Waals surface area contributed by atoms with Crippen molar-refractivity contribution in [1.82, 2.24) is 0 Å². The summed E-state index contributed by atoms with van der Waals surface area (Å²) in [7, 11) is 0. The molecule has 2 N–H and O–H groups in total. The van der Waals surface area contributed by atoms with Crippen LogP contribution in [0.15, 0.2) is 0 Å². The largest absolute Gasteiger partial charge is 1.00 e. The number of hydrogen-bond acceptors (Lipinski definition) is 1. The van der Waals surface area contributed by atoms with Crippen molar-refractivity contribution >= 4 is 5.91 Å². The molecule has 0 radical (unpaired) electrons. The van der Waals surface area contributed by atoms with Crippen LogP contribution in [0.5, 0.6) is 0 Å². The van der Waals surface area contributed by atoms with E-state index < -0.39 is 0 Å². The number of carbonyl (C=O) groups is 1. The third-order valence-electron chi connectivity index (χ3n) is 2.01. The van der Waals surface area contributed by atoms with Crippen LogP contribution in [-0.4, -0.2) is 5.91 Å². The predicted molar refractivity (Wildman–Crippen MR) is 36.9 cm³/mol. The molecule has 0 unspecified atom stereocenters. The Morgan fingerprint density at radius 1 is 1.30 bits per heavy atom. The summed E-state index contributed by atoms with van der Waals surface area (Å²) < 4.78 is 0. The van der Waals surface area contributed by atoms with Crippen LogP contribution in [0, 0.1) is 5.92 Å². The van der Waals surface area contributed by atoms with Crippen molar-refractivity contribution in [2.45, 2.75) is 32.1 Å². The molecular formula is C7H14KNO. The van der Waals surface area contributed by atoms with Gasteiger partial charge in [0, 0.05) is 5.92 Å². The van der Waals surface area contributed by atoms with E-state index in [1.165, 1.54) is 19.3 Å². The number of carbonyl (C=O) groups excluding carboxylic acids is 1. The van der Waals surface area contributed by atoms with Gasteiger partial charge in [-0.2, -0.15) is 0 Å². The van der Waals surface area contributed by atoms with Gasteiger partial charge in [0.25, 0.3) is 0 Å². The van der Waals surface area contributed by atoms with Crippen molar-refractivity contribution in [2.75, 3.05) is 0 Å². The zero-order valence-electron chi connectivity index (χ0n) is 7.60. The molecule has 0 aromatic heterocycles. The smallest absolute Gasteiger partial charge is 1.00 e. The molecule has 0 heterocycles. The Kier molecular flexibility index (Phi) is 6.35. The first-order valence-electron chi connectivity index (χ1n) is 3.60. The van der Waals surface area contributed by atoms with E-state index in [0.29, 0.717) is 0 Å². The topological polar surface area (TPSA) is 43.1 Å². The normalized spacial score (nSPS) is 19.6. The Hall–Kier alpha value is 1.11. The molecule has 0 aromatic carbocycles. The Labute approximate surface area is 106 Å². The second-order valence-electron chi connectivity index (χ2n) is 2.74. The van der Waals surface area contributed by atoms with Crippen LogP contribution >= 0.6 is 0 Å². The summed E-state index contributed by atoms with van der Waals surface area (Å²) in [6.45, 7) is 0. The Balaban J connectivity index is 0. The molecule has 0 aliphatic heterocycles. The van der Waals surface area contributed by atoms with Crippen molar-refractivity contribution in [3.05, 3.63) is 0 Å². The van der Waals surface area contributed by atoms with Gasteiger partial charge in [-0.05, 0) is 12.8 Å². The maximum absolute atomic E-state index is 10.6. The van der Waals surface area contributed by atoms with Gasteiger partial charge in [-0.15, -0.1) is 0 Å². The van der Waals surface area contributed by atoms with Gasteiger partial charge in [0.1, 0.15) is 0 Å². The molecule has 3 heteroatoms. The molecule has 2 nitrogen and oxygen atoms in total. The summed E-state index contributed by atoms with van der Waals surface area (Å²) in [6, 6.07) is 0. The average Bonchev–Trinajstić information content (AvgIpc) is 1.90. The molecule has 1 aliphatic rings. The molecular weight excluding hydrogens is 153 g/mol. The second kappa shape index (κ2) is 5.72. The molecule has 1 aliphatic carbocycles. The van der Waals surface area contributed by atoms with Gasteiger partial charge in [0.05, 0.1) is 0 Å². The second-order valence-corrected chi connectivity index (χ2v) is 2.74. The molecule has 54 valence electrons. The summed E-state index contributed by atoms with van der Waals surface area (Å²) >= 11 is 0. The maximum Gasteiger partial charge on any atom is 1.00 e. The van der Waals surface area contributed by atoms with Crippen molar-refractivity contribution < 1.29 is 57.6 Å². The minimum Gasteiger partial charge on any atom is -1.00 e. The van der Waals surface area contributed by atoms with Crippen LogP contribution in [0.25, 0.3) is 0 Å². The van der Waals surface area contributed by atoms with Crippen molar-refractivity contribution in [3.8, 4) is 0 Å². The van der Waals surface area contributed by atoms with E-state index in [4.69, 9.17) is 5.73 Å². The molecule has 0 saturated heterocycles. The Bertz CT molecular complexity index is 115. The third kappa shape index (κ3) is 3.48.